The highest BCUT2D eigenvalue weighted by atomic mass is 79.9. The largest absolute Gasteiger partial charge is 0.376 e. The van der Waals surface area contributed by atoms with Crippen molar-refractivity contribution in [3.8, 4) is 0 Å². The summed E-state index contributed by atoms with van der Waals surface area (Å²) in [6, 6.07) is 0. The lowest BCUT2D eigenvalue weighted by atomic mass is 10.5. The molecule has 0 amide bonds. The Hall–Kier alpha value is 0.660. The van der Waals surface area contributed by atoms with Crippen LogP contribution in [0.1, 0.15) is 20.3 Å². The van der Waals surface area contributed by atoms with Gasteiger partial charge in [0.15, 0.2) is 0 Å². The molecule has 0 N–H and O–H groups in total. The molecule has 0 aromatic rings. The van der Waals surface area contributed by atoms with E-state index < -0.39 is 0 Å². The highest BCUT2D eigenvalue weighted by Crippen LogP contribution is 2.16. The fraction of sp³-hybridized carbons (Fsp3) is 0.714. The molecule has 3 heteroatoms. The van der Waals surface area contributed by atoms with Crippen LogP contribution in [0.15, 0.2) is 8.96 Å². The zero-order valence-corrected chi connectivity index (χ0v) is 9.46. The summed E-state index contributed by atoms with van der Waals surface area (Å²) in [5.74, 6) is 0. The van der Waals surface area contributed by atoms with Crippen LogP contribution >= 0.6 is 31.9 Å². The van der Waals surface area contributed by atoms with E-state index in [1.54, 1.807) is 0 Å². The van der Waals surface area contributed by atoms with Crippen molar-refractivity contribution in [1.29, 1.82) is 0 Å². The van der Waals surface area contributed by atoms with Crippen molar-refractivity contribution in [2.45, 2.75) is 20.3 Å². The molecular weight excluding hydrogens is 260 g/mol. The molecular formula is C7H12Br2O. The summed E-state index contributed by atoms with van der Waals surface area (Å²) < 4.78 is 7.46. The van der Waals surface area contributed by atoms with E-state index in [2.05, 4.69) is 38.8 Å². The Kier molecular flexibility index (Phi) is 6.80. The van der Waals surface area contributed by atoms with Gasteiger partial charge in [-0.2, -0.15) is 0 Å². The van der Waals surface area contributed by atoms with Crippen LogP contribution in [0, 0.1) is 0 Å². The third-order valence-corrected chi connectivity index (χ3v) is 2.79. The fourth-order valence-electron chi connectivity index (χ4n) is 0.406. The summed E-state index contributed by atoms with van der Waals surface area (Å²) in [5.41, 5.74) is 0. The van der Waals surface area contributed by atoms with Crippen LogP contribution in [-0.2, 0) is 4.74 Å². The van der Waals surface area contributed by atoms with E-state index in [9.17, 15) is 0 Å². The molecule has 0 rings (SSSR count). The molecule has 0 aliphatic heterocycles. The summed E-state index contributed by atoms with van der Waals surface area (Å²) in [7, 11) is 0. The monoisotopic (exact) mass is 270 g/mol. The van der Waals surface area contributed by atoms with Crippen molar-refractivity contribution in [1.82, 2.24) is 0 Å². The molecule has 0 bridgehead atoms. The Morgan fingerprint density at radius 3 is 2.40 bits per heavy atom. The summed E-state index contributed by atoms with van der Waals surface area (Å²) >= 11 is 6.72. The van der Waals surface area contributed by atoms with E-state index in [4.69, 9.17) is 4.74 Å². The Bertz CT molecular complexity index is 117. The van der Waals surface area contributed by atoms with Gasteiger partial charge in [0.2, 0.25) is 0 Å². The van der Waals surface area contributed by atoms with Gasteiger partial charge < -0.3 is 4.74 Å². The molecule has 0 radical (unpaired) electrons. The molecule has 0 aromatic heterocycles. The van der Waals surface area contributed by atoms with Crippen LogP contribution in [-0.4, -0.2) is 13.2 Å². The first-order chi connectivity index (χ1) is 4.68. The van der Waals surface area contributed by atoms with Crippen LogP contribution in [0.3, 0.4) is 0 Å². The van der Waals surface area contributed by atoms with E-state index in [1.165, 1.54) is 0 Å². The quantitative estimate of drug-likeness (QED) is 0.712. The SMILES string of the molecule is CCCOCC(Br)=C(C)Br. The summed E-state index contributed by atoms with van der Waals surface area (Å²) in [4.78, 5) is 0. The van der Waals surface area contributed by atoms with Gasteiger partial charge in [-0.1, -0.05) is 38.8 Å². The molecule has 0 heterocycles. The fourth-order valence-corrected chi connectivity index (χ4v) is 0.682. The number of halogens is 2. The second kappa shape index (κ2) is 6.38. The summed E-state index contributed by atoms with van der Waals surface area (Å²) in [6.07, 6.45) is 1.07. The van der Waals surface area contributed by atoms with Crippen molar-refractivity contribution >= 4 is 31.9 Å². The van der Waals surface area contributed by atoms with Crippen LogP contribution in [0.4, 0.5) is 0 Å². The van der Waals surface area contributed by atoms with Gasteiger partial charge >= 0.3 is 0 Å². The molecule has 0 aliphatic rings. The first-order valence-electron chi connectivity index (χ1n) is 3.27. The first kappa shape index (κ1) is 10.7. The molecule has 10 heavy (non-hydrogen) atoms. The molecule has 1 nitrogen and oxygen atoms in total. The van der Waals surface area contributed by atoms with Gasteiger partial charge in [-0.3, -0.25) is 0 Å². The van der Waals surface area contributed by atoms with Crippen molar-refractivity contribution in [2.24, 2.45) is 0 Å². The third-order valence-electron chi connectivity index (χ3n) is 0.951. The smallest absolute Gasteiger partial charge is 0.0789 e. The zero-order chi connectivity index (χ0) is 7.98. The number of rotatable bonds is 4. The highest BCUT2D eigenvalue weighted by Gasteiger charge is 1.94. The molecule has 0 spiro atoms. The predicted octanol–water partition coefficient (Wildman–Crippen LogP) is 3.43. The molecule has 0 atom stereocenters. The maximum absolute atomic E-state index is 5.27. The standard InChI is InChI=1S/C7H12Br2O/c1-3-4-10-5-7(9)6(2)8/h3-5H2,1-2H3. The Morgan fingerprint density at radius 1 is 1.40 bits per heavy atom. The Morgan fingerprint density at radius 2 is 2.00 bits per heavy atom. The lowest BCUT2D eigenvalue weighted by Crippen LogP contribution is -1.95. The van der Waals surface area contributed by atoms with Crippen molar-refractivity contribution in [2.75, 3.05) is 13.2 Å². The molecule has 0 fully saturated rings. The van der Waals surface area contributed by atoms with E-state index >= 15 is 0 Å². The molecule has 60 valence electrons. The number of hydrogen-bond donors (Lipinski definition) is 0. The van der Waals surface area contributed by atoms with E-state index in [0.717, 1.165) is 22.0 Å². The van der Waals surface area contributed by atoms with Crippen LogP contribution < -0.4 is 0 Å². The third kappa shape index (κ3) is 5.45. The van der Waals surface area contributed by atoms with Crippen molar-refractivity contribution in [3.05, 3.63) is 8.96 Å². The van der Waals surface area contributed by atoms with E-state index in [-0.39, 0.29) is 0 Å². The number of ether oxygens (including phenoxy) is 1. The molecule has 0 aliphatic carbocycles. The number of hydrogen-bond acceptors (Lipinski definition) is 1. The van der Waals surface area contributed by atoms with Gasteiger partial charge in [0, 0.05) is 15.6 Å². The molecule has 0 unspecified atom stereocenters. The normalized spacial score (nSPS) is 13.2. The maximum Gasteiger partial charge on any atom is 0.0789 e. The van der Waals surface area contributed by atoms with E-state index in [1.807, 2.05) is 6.92 Å². The predicted molar refractivity (Wildman–Crippen MR) is 51.7 cm³/mol. The average molecular weight is 272 g/mol. The van der Waals surface area contributed by atoms with Crippen molar-refractivity contribution < 1.29 is 4.74 Å². The van der Waals surface area contributed by atoms with Gasteiger partial charge in [0.25, 0.3) is 0 Å². The summed E-state index contributed by atoms with van der Waals surface area (Å²) in [5, 5.41) is 0. The second-order valence-electron chi connectivity index (χ2n) is 1.99. The van der Waals surface area contributed by atoms with Gasteiger partial charge in [-0.25, -0.2) is 0 Å². The highest BCUT2D eigenvalue weighted by molar-refractivity contribution is 9.14. The van der Waals surface area contributed by atoms with Gasteiger partial charge in [-0.15, -0.1) is 0 Å². The average Bonchev–Trinajstić information content (AvgIpc) is 1.88. The van der Waals surface area contributed by atoms with Crippen LogP contribution in [0.2, 0.25) is 0 Å². The lowest BCUT2D eigenvalue weighted by molar-refractivity contribution is 0.161. The van der Waals surface area contributed by atoms with Gasteiger partial charge in [0.05, 0.1) is 6.61 Å². The Balaban J connectivity index is 3.40. The van der Waals surface area contributed by atoms with Gasteiger partial charge in [-0.05, 0) is 13.3 Å². The summed E-state index contributed by atoms with van der Waals surface area (Å²) in [6.45, 7) is 5.58. The van der Waals surface area contributed by atoms with Gasteiger partial charge in [0.1, 0.15) is 0 Å². The topological polar surface area (TPSA) is 9.23 Å². The molecule has 0 aromatic carbocycles. The second-order valence-corrected chi connectivity index (χ2v) is 4.14. The lowest BCUT2D eigenvalue weighted by Gasteiger charge is -2.01. The zero-order valence-electron chi connectivity index (χ0n) is 6.29. The molecule has 0 saturated heterocycles. The van der Waals surface area contributed by atoms with E-state index in [0.29, 0.717) is 6.61 Å². The number of allylic oxidation sites excluding steroid dienone is 1. The minimum Gasteiger partial charge on any atom is -0.376 e. The maximum atomic E-state index is 5.27. The van der Waals surface area contributed by atoms with Crippen LogP contribution in [0.5, 0.6) is 0 Å². The first-order valence-corrected chi connectivity index (χ1v) is 4.85. The Labute approximate surface area is 79.1 Å². The van der Waals surface area contributed by atoms with Crippen molar-refractivity contribution in [3.63, 3.8) is 0 Å². The molecule has 0 saturated carbocycles. The van der Waals surface area contributed by atoms with Crippen LogP contribution in [0.25, 0.3) is 0 Å². The minimum absolute atomic E-state index is 0.672. The minimum atomic E-state index is 0.672.